The number of benzene rings is 2. The highest BCUT2D eigenvalue weighted by atomic mass is 32.1. The van der Waals surface area contributed by atoms with Gasteiger partial charge in [-0.05, 0) is 68.9 Å². The summed E-state index contributed by atoms with van der Waals surface area (Å²) in [4.78, 5) is 14.5. The number of nitrogens with two attached hydrogens (primary N) is 1. The maximum Gasteiger partial charge on any atom is 0.317 e. The van der Waals surface area contributed by atoms with Crippen LogP contribution in [0.25, 0.3) is 21.1 Å². The number of nitrogens with zero attached hydrogens (tertiary/aromatic N) is 3. The zero-order chi connectivity index (χ0) is 24.5. The predicted octanol–water partition coefficient (Wildman–Crippen LogP) is 4.40. The lowest BCUT2D eigenvalue weighted by Crippen LogP contribution is -2.47. The third-order valence-corrected chi connectivity index (χ3v) is 7.53. The van der Waals surface area contributed by atoms with Crippen LogP contribution in [0.1, 0.15) is 50.3 Å². The molecule has 2 aromatic carbocycles. The van der Waals surface area contributed by atoms with Gasteiger partial charge in [0.2, 0.25) is 0 Å². The highest BCUT2D eigenvalue weighted by Crippen LogP contribution is 2.40. The largest absolute Gasteiger partial charge is 0.489 e. The molecule has 3 aromatic rings. The van der Waals surface area contributed by atoms with Crippen molar-refractivity contribution in [2.24, 2.45) is 0 Å². The molecular formula is C26H31N5O3S. The number of urea groups is 1. The van der Waals surface area contributed by atoms with E-state index in [0.717, 1.165) is 52.4 Å². The zero-order valence-corrected chi connectivity index (χ0v) is 20.8. The van der Waals surface area contributed by atoms with E-state index < -0.39 is 6.10 Å². The average Bonchev–Trinajstić information content (AvgIpc) is 3.48. The summed E-state index contributed by atoms with van der Waals surface area (Å²) in [5.41, 5.74) is 11.1. The van der Waals surface area contributed by atoms with Crippen molar-refractivity contribution < 1.29 is 14.6 Å². The van der Waals surface area contributed by atoms with E-state index in [1.54, 1.807) is 4.90 Å². The lowest BCUT2D eigenvalue weighted by Gasteiger charge is -2.31. The Balaban J connectivity index is 1.34. The average molecular weight is 494 g/mol. The van der Waals surface area contributed by atoms with Crippen LogP contribution < -0.4 is 15.8 Å². The predicted molar refractivity (Wildman–Crippen MR) is 137 cm³/mol. The molecule has 4 N–H and O–H groups in total. The molecule has 1 aliphatic heterocycles. The van der Waals surface area contributed by atoms with Crippen LogP contribution in [0.5, 0.6) is 5.75 Å². The third kappa shape index (κ3) is 4.97. The fourth-order valence-electron chi connectivity index (χ4n) is 4.88. The number of hydrogen-bond acceptors (Lipinski definition) is 7. The molecule has 2 amide bonds. The molecule has 0 spiro atoms. The molecule has 8 nitrogen and oxygen atoms in total. The van der Waals surface area contributed by atoms with Gasteiger partial charge in [-0.15, -0.1) is 10.2 Å². The Bertz CT molecular complexity index is 1230. The number of fused-ring (bicyclic) bond motifs is 1. The monoisotopic (exact) mass is 493 g/mol. The number of hydrogen-bond donors (Lipinski definition) is 3. The maximum absolute atomic E-state index is 12.8. The first-order chi connectivity index (χ1) is 16.9. The number of anilines is 1. The van der Waals surface area contributed by atoms with Gasteiger partial charge >= 0.3 is 6.03 Å². The number of carbonyl (C=O) groups excluding carboxylic acids is 1. The number of ether oxygens (including phenoxy) is 1. The van der Waals surface area contributed by atoms with Crippen molar-refractivity contribution in [2.45, 2.75) is 57.8 Å². The van der Waals surface area contributed by atoms with Gasteiger partial charge in [-0.1, -0.05) is 29.5 Å². The fourth-order valence-corrected chi connectivity index (χ4v) is 5.77. The number of β-amino-alcohol motifs (C(OH)–C–C–N with tert-alkyl or cyclic N) is 1. The normalized spacial score (nSPS) is 19.6. The molecule has 5 rings (SSSR count). The molecular weight excluding hydrogens is 462 g/mol. The third-order valence-electron chi connectivity index (χ3n) is 6.53. The Morgan fingerprint density at radius 1 is 1.23 bits per heavy atom. The first kappa shape index (κ1) is 23.6. The second kappa shape index (κ2) is 9.83. The van der Waals surface area contributed by atoms with Crippen molar-refractivity contribution in [3.63, 3.8) is 0 Å². The van der Waals surface area contributed by atoms with E-state index in [9.17, 15) is 9.90 Å². The number of rotatable bonds is 5. The van der Waals surface area contributed by atoms with Crippen molar-refractivity contribution in [1.29, 1.82) is 0 Å². The summed E-state index contributed by atoms with van der Waals surface area (Å²) >= 11 is 1.53. The molecule has 1 fully saturated rings. The molecule has 2 heterocycles. The van der Waals surface area contributed by atoms with Gasteiger partial charge in [0.25, 0.3) is 0 Å². The van der Waals surface area contributed by atoms with Crippen LogP contribution in [0.15, 0.2) is 36.4 Å². The maximum atomic E-state index is 12.8. The quantitative estimate of drug-likeness (QED) is 0.454. The van der Waals surface area contributed by atoms with Crippen LogP contribution in [-0.2, 0) is 6.42 Å². The summed E-state index contributed by atoms with van der Waals surface area (Å²) in [5.74, 6) is 0.668. The van der Waals surface area contributed by atoms with Crippen LogP contribution >= 0.6 is 11.3 Å². The Kier molecular flexibility index (Phi) is 6.62. The van der Waals surface area contributed by atoms with Crippen molar-refractivity contribution in [3.05, 3.63) is 47.5 Å². The van der Waals surface area contributed by atoms with Crippen LogP contribution in [0.4, 0.5) is 10.5 Å². The number of aliphatic hydroxyl groups excluding tert-OH is 1. The summed E-state index contributed by atoms with van der Waals surface area (Å²) in [6, 6.07) is 11.7. The number of aliphatic hydroxyl groups is 1. The van der Waals surface area contributed by atoms with Crippen molar-refractivity contribution in [3.8, 4) is 26.9 Å². The van der Waals surface area contributed by atoms with E-state index in [1.165, 1.54) is 16.9 Å². The molecule has 2 atom stereocenters. The molecule has 1 unspecified atom stereocenters. The number of nitrogen functional groups attached to an aromatic ring is 1. The molecule has 1 aliphatic carbocycles. The Labute approximate surface area is 209 Å². The summed E-state index contributed by atoms with van der Waals surface area (Å²) in [7, 11) is 0. The number of likely N-dealkylation sites (tertiary alicyclic amines) is 1. The number of piperidine rings is 1. The number of amides is 2. The van der Waals surface area contributed by atoms with E-state index >= 15 is 0 Å². The lowest BCUT2D eigenvalue weighted by molar-refractivity contribution is 0.0833. The molecule has 0 bridgehead atoms. The van der Waals surface area contributed by atoms with E-state index in [4.69, 9.17) is 10.5 Å². The number of carbonyl (C=O) groups is 1. The van der Waals surface area contributed by atoms with E-state index in [1.807, 2.05) is 38.1 Å². The fraction of sp³-hybridized carbons (Fsp3) is 0.423. The molecule has 2 aliphatic rings. The first-order valence-corrected chi connectivity index (χ1v) is 13.0. The molecule has 1 aromatic heterocycles. The smallest absolute Gasteiger partial charge is 0.317 e. The van der Waals surface area contributed by atoms with Crippen LogP contribution in [0.2, 0.25) is 0 Å². The van der Waals surface area contributed by atoms with Gasteiger partial charge in [-0.25, -0.2) is 4.79 Å². The van der Waals surface area contributed by atoms with Gasteiger partial charge in [-0.2, -0.15) is 0 Å². The molecule has 9 heteroatoms. The topological polar surface area (TPSA) is 114 Å². The second-order valence-corrected chi connectivity index (χ2v) is 10.5. The molecule has 0 saturated carbocycles. The number of aromatic nitrogens is 2. The summed E-state index contributed by atoms with van der Waals surface area (Å²) in [6.45, 7) is 5.02. The van der Waals surface area contributed by atoms with Gasteiger partial charge in [0.05, 0.1) is 23.9 Å². The Hall–Kier alpha value is -3.17. The van der Waals surface area contributed by atoms with Crippen molar-refractivity contribution in [1.82, 2.24) is 20.4 Å². The second-order valence-electron chi connectivity index (χ2n) is 9.49. The minimum atomic E-state index is -0.433. The van der Waals surface area contributed by atoms with Gasteiger partial charge in [0.1, 0.15) is 15.8 Å². The summed E-state index contributed by atoms with van der Waals surface area (Å²) in [5, 5.41) is 23.6. The zero-order valence-electron chi connectivity index (χ0n) is 20.0. The Morgan fingerprint density at radius 2 is 2.06 bits per heavy atom. The SMILES string of the molecule is CC(C)Oc1ccc(-c2nnc(-c3cccc4c3CCC4NC(=O)N3CCC[C@H](O)C3)s2)cc1N. The minimum Gasteiger partial charge on any atom is -0.489 e. The summed E-state index contributed by atoms with van der Waals surface area (Å²) in [6.07, 6.45) is 2.91. The molecule has 1 saturated heterocycles. The van der Waals surface area contributed by atoms with Crippen molar-refractivity contribution in [2.75, 3.05) is 18.8 Å². The van der Waals surface area contributed by atoms with Crippen LogP contribution in [-0.4, -0.2) is 51.5 Å². The first-order valence-electron chi connectivity index (χ1n) is 12.1. The molecule has 184 valence electrons. The number of nitrogens with one attached hydrogen (secondary N) is 1. The standard InChI is InChI=1S/C26H31N5O3S/c1-15(2)34-23-11-8-16(13-21(23)27)24-29-30-25(35-24)20-7-3-6-19-18(20)9-10-22(19)28-26(33)31-12-4-5-17(32)14-31/h3,6-8,11,13,15,17,22,32H,4-5,9-10,12,14,27H2,1-2H3,(H,28,33)/t17-,22?/m0/s1. The van der Waals surface area contributed by atoms with Crippen LogP contribution in [0.3, 0.4) is 0 Å². The highest BCUT2D eigenvalue weighted by molar-refractivity contribution is 7.17. The Morgan fingerprint density at radius 3 is 2.83 bits per heavy atom. The summed E-state index contributed by atoms with van der Waals surface area (Å²) < 4.78 is 5.74. The van der Waals surface area contributed by atoms with Crippen molar-refractivity contribution >= 4 is 23.1 Å². The lowest BCUT2D eigenvalue weighted by atomic mass is 10.0. The van der Waals surface area contributed by atoms with Gasteiger partial charge in [0, 0.05) is 24.2 Å². The van der Waals surface area contributed by atoms with E-state index in [0.29, 0.717) is 24.5 Å². The minimum absolute atomic E-state index is 0.0442. The van der Waals surface area contributed by atoms with Gasteiger partial charge in [-0.3, -0.25) is 0 Å². The van der Waals surface area contributed by atoms with Gasteiger partial charge in [0.15, 0.2) is 0 Å². The van der Waals surface area contributed by atoms with E-state index in [-0.39, 0.29) is 18.2 Å². The van der Waals surface area contributed by atoms with Gasteiger partial charge < -0.3 is 25.8 Å². The highest BCUT2D eigenvalue weighted by Gasteiger charge is 2.30. The van der Waals surface area contributed by atoms with E-state index in [2.05, 4.69) is 27.6 Å². The van der Waals surface area contributed by atoms with Crippen LogP contribution in [0, 0.1) is 0 Å². The molecule has 0 radical (unpaired) electrons. The molecule has 35 heavy (non-hydrogen) atoms.